The van der Waals surface area contributed by atoms with Gasteiger partial charge in [-0.15, -0.1) is 0 Å². The lowest BCUT2D eigenvalue weighted by Crippen LogP contribution is -2.51. The molecule has 0 saturated carbocycles. The quantitative estimate of drug-likeness (QED) is 0.207. The molecule has 0 unspecified atom stereocenters. The number of carbonyl (C=O) groups is 2. The molecule has 1 N–H and O–H groups in total. The Labute approximate surface area is 256 Å². The minimum absolute atomic E-state index is 0.0305. The first-order valence-corrected chi connectivity index (χ1v) is 15.4. The molecule has 3 aromatic rings. The molecule has 13 heteroatoms. The van der Waals surface area contributed by atoms with Crippen molar-refractivity contribution >= 4 is 44.8 Å². The molecule has 0 radical (unpaired) electrons. The van der Waals surface area contributed by atoms with Crippen molar-refractivity contribution in [3.63, 3.8) is 0 Å². The molecule has 0 aromatic heterocycles. The first-order valence-electron chi connectivity index (χ1n) is 13.5. The zero-order valence-corrected chi connectivity index (χ0v) is 26.2. The van der Waals surface area contributed by atoms with Crippen LogP contribution in [-0.4, -0.2) is 56.3 Å². The van der Waals surface area contributed by atoms with E-state index in [0.717, 1.165) is 21.5 Å². The van der Waals surface area contributed by atoms with Crippen LogP contribution in [0.5, 0.6) is 5.75 Å². The molecule has 0 bridgehead atoms. The van der Waals surface area contributed by atoms with Crippen LogP contribution in [0.15, 0.2) is 65.6 Å². The van der Waals surface area contributed by atoms with E-state index >= 15 is 0 Å². The average molecular weight is 631 g/mol. The molecule has 43 heavy (non-hydrogen) atoms. The Kier molecular flexibility index (Phi) is 11.1. The number of benzene rings is 3. The molecule has 3 aromatic carbocycles. The van der Waals surface area contributed by atoms with Crippen molar-refractivity contribution in [2.75, 3.05) is 24.5 Å². The summed E-state index contributed by atoms with van der Waals surface area (Å²) in [7, 11) is -3.27. The summed E-state index contributed by atoms with van der Waals surface area (Å²) in [5, 5.41) is 14.6. The van der Waals surface area contributed by atoms with Gasteiger partial charge in [0.15, 0.2) is 0 Å². The van der Waals surface area contributed by atoms with Gasteiger partial charge in [-0.25, -0.2) is 8.42 Å². The third kappa shape index (κ3) is 7.82. The highest BCUT2D eigenvalue weighted by atomic mass is 35.5. The molecule has 230 valence electrons. The number of rotatable bonds is 13. The molecule has 11 nitrogen and oxygen atoms in total. The zero-order valence-electron chi connectivity index (χ0n) is 24.7. The van der Waals surface area contributed by atoms with Crippen LogP contribution in [0.3, 0.4) is 0 Å². The second-order valence-corrected chi connectivity index (χ2v) is 12.2. The lowest BCUT2D eigenvalue weighted by molar-refractivity contribution is -0.385. The molecule has 2 amide bonds. The van der Waals surface area contributed by atoms with Gasteiger partial charge in [0.05, 0.1) is 22.6 Å². The Balaban J connectivity index is 2.16. The number of nitro benzene ring substituents is 1. The van der Waals surface area contributed by atoms with E-state index in [1.807, 2.05) is 38.1 Å². The number of ether oxygens (including phenoxy) is 1. The molecular formula is C30H35ClN4O7S. The van der Waals surface area contributed by atoms with Crippen molar-refractivity contribution in [3.8, 4) is 5.75 Å². The fraction of sp³-hybridized carbons (Fsp3) is 0.333. The summed E-state index contributed by atoms with van der Waals surface area (Å²) < 4.78 is 34.6. The maximum Gasteiger partial charge on any atom is 0.273 e. The minimum Gasteiger partial charge on any atom is -0.495 e. The molecule has 0 aliphatic rings. The van der Waals surface area contributed by atoms with E-state index in [0.29, 0.717) is 13.0 Å². The Morgan fingerprint density at radius 2 is 1.77 bits per heavy atom. The van der Waals surface area contributed by atoms with Crippen molar-refractivity contribution in [1.29, 1.82) is 0 Å². The molecule has 0 heterocycles. The number of methoxy groups -OCH3 is 1. The number of aryl methyl sites for hydroxylation is 2. The molecule has 0 aliphatic carbocycles. The summed E-state index contributed by atoms with van der Waals surface area (Å²) in [5.74, 6) is -0.983. The lowest BCUT2D eigenvalue weighted by Gasteiger charge is -2.32. The number of nitrogens with one attached hydrogen (secondary N) is 1. The number of sulfonamides is 1. The molecular weight excluding hydrogens is 596 g/mol. The number of nitro groups is 1. The minimum atomic E-state index is -4.60. The lowest BCUT2D eigenvalue weighted by atomic mass is 10.1. The van der Waals surface area contributed by atoms with Gasteiger partial charge in [-0.3, -0.25) is 24.0 Å². The zero-order chi connectivity index (χ0) is 31.9. The Bertz CT molecular complexity index is 1610. The topological polar surface area (TPSA) is 139 Å². The molecule has 0 aliphatic heterocycles. The Hall–Kier alpha value is -4.16. The summed E-state index contributed by atoms with van der Waals surface area (Å²) >= 11 is 6.25. The van der Waals surface area contributed by atoms with Gasteiger partial charge in [-0.2, -0.15) is 0 Å². The van der Waals surface area contributed by atoms with Crippen LogP contribution in [0.1, 0.15) is 37.0 Å². The van der Waals surface area contributed by atoms with E-state index in [9.17, 15) is 28.1 Å². The first-order chi connectivity index (χ1) is 20.3. The molecule has 3 rings (SSSR count). The van der Waals surface area contributed by atoms with E-state index < -0.39 is 49.9 Å². The van der Waals surface area contributed by atoms with Crippen LogP contribution >= 0.6 is 11.6 Å². The van der Waals surface area contributed by atoms with Gasteiger partial charge in [0.25, 0.3) is 15.7 Å². The van der Waals surface area contributed by atoms with E-state index in [4.69, 9.17) is 16.3 Å². The van der Waals surface area contributed by atoms with Crippen LogP contribution in [-0.2, 0) is 26.2 Å². The highest BCUT2D eigenvalue weighted by Gasteiger charge is 2.35. The normalized spacial score (nSPS) is 11.9. The maximum atomic E-state index is 14.2. The maximum absolute atomic E-state index is 14.2. The van der Waals surface area contributed by atoms with Gasteiger partial charge < -0.3 is 15.0 Å². The van der Waals surface area contributed by atoms with Gasteiger partial charge in [-0.05, 0) is 62.6 Å². The average Bonchev–Trinajstić information content (AvgIpc) is 2.97. The van der Waals surface area contributed by atoms with Gasteiger partial charge >= 0.3 is 0 Å². The van der Waals surface area contributed by atoms with E-state index in [1.54, 1.807) is 6.92 Å². The fourth-order valence-corrected chi connectivity index (χ4v) is 6.00. The summed E-state index contributed by atoms with van der Waals surface area (Å²) in [6, 6.07) is 14.2. The Morgan fingerprint density at radius 3 is 2.40 bits per heavy atom. The van der Waals surface area contributed by atoms with Crippen LogP contribution in [0.25, 0.3) is 0 Å². The highest BCUT2D eigenvalue weighted by molar-refractivity contribution is 7.92. The monoisotopic (exact) mass is 630 g/mol. The van der Waals surface area contributed by atoms with Crippen LogP contribution in [0.4, 0.5) is 11.4 Å². The van der Waals surface area contributed by atoms with Crippen molar-refractivity contribution in [2.24, 2.45) is 0 Å². The number of nitrogens with zero attached hydrogens (tertiary/aromatic N) is 3. The van der Waals surface area contributed by atoms with E-state index in [2.05, 4.69) is 5.32 Å². The standard InChI is InChI=1S/C30H35ClN4O7S/c1-6-15-32-30(37)22(4)33(18-23-10-8-7-9-20(23)2)29(36)19-34(27-16-24(31)12-14-28(27)42-5)43(40,41)25-13-11-21(3)26(17-25)35(38)39/h7-14,16-17,22H,6,15,18-19H2,1-5H3,(H,32,37)/t22-/m1/s1. The largest absolute Gasteiger partial charge is 0.495 e. The molecule has 0 saturated heterocycles. The number of hydrogen-bond donors (Lipinski definition) is 1. The predicted octanol–water partition coefficient (Wildman–Crippen LogP) is 5.01. The first kappa shape index (κ1) is 33.3. The molecule has 0 fully saturated rings. The van der Waals surface area contributed by atoms with Crippen molar-refractivity contribution in [2.45, 2.75) is 51.6 Å². The summed E-state index contributed by atoms with van der Waals surface area (Å²) in [4.78, 5) is 39.0. The van der Waals surface area contributed by atoms with E-state index in [-0.39, 0.29) is 28.6 Å². The number of anilines is 1. The number of amides is 2. The number of hydrogen-bond acceptors (Lipinski definition) is 7. The third-order valence-corrected chi connectivity index (χ3v) is 8.96. The van der Waals surface area contributed by atoms with Crippen molar-refractivity contribution in [1.82, 2.24) is 10.2 Å². The summed E-state index contributed by atoms with van der Waals surface area (Å²) in [6.07, 6.45) is 0.688. The highest BCUT2D eigenvalue weighted by Crippen LogP contribution is 2.36. The third-order valence-electron chi connectivity index (χ3n) is 6.97. The predicted molar refractivity (Wildman–Crippen MR) is 165 cm³/mol. The SMILES string of the molecule is CCCNC(=O)[C@@H](C)N(Cc1ccccc1C)C(=O)CN(c1cc(Cl)ccc1OC)S(=O)(=O)c1ccc(C)c([N+](=O)[O-])c1. The van der Waals surface area contributed by atoms with Gasteiger partial charge in [0.1, 0.15) is 18.3 Å². The van der Waals surface area contributed by atoms with Crippen molar-refractivity contribution < 1.29 is 27.7 Å². The van der Waals surface area contributed by atoms with Crippen LogP contribution in [0.2, 0.25) is 5.02 Å². The second-order valence-electron chi connectivity index (χ2n) is 9.95. The second kappa shape index (κ2) is 14.3. The molecule has 1 atom stereocenters. The fourth-order valence-electron chi connectivity index (χ4n) is 4.39. The van der Waals surface area contributed by atoms with Gasteiger partial charge in [-0.1, -0.05) is 48.9 Å². The smallest absolute Gasteiger partial charge is 0.273 e. The van der Waals surface area contributed by atoms with E-state index in [1.165, 1.54) is 49.3 Å². The number of halogens is 1. The number of carbonyl (C=O) groups excluding carboxylic acids is 2. The summed E-state index contributed by atoms with van der Waals surface area (Å²) in [6.45, 7) is 6.52. The van der Waals surface area contributed by atoms with Crippen LogP contribution in [0, 0.1) is 24.0 Å². The molecule has 0 spiro atoms. The van der Waals surface area contributed by atoms with Gasteiger partial charge in [0, 0.05) is 29.7 Å². The van der Waals surface area contributed by atoms with Crippen molar-refractivity contribution in [3.05, 3.63) is 92.5 Å². The Morgan fingerprint density at radius 1 is 1.07 bits per heavy atom. The van der Waals surface area contributed by atoms with Crippen LogP contribution < -0.4 is 14.4 Å². The summed E-state index contributed by atoms with van der Waals surface area (Å²) in [5.41, 5.74) is 1.48. The van der Waals surface area contributed by atoms with Gasteiger partial charge in [0.2, 0.25) is 11.8 Å².